The van der Waals surface area contributed by atoms with Crippen molar-refractivity contribution in [2.75, 3.05) is 17.2 Å². The highest BCUT2D eigenvalue weighted by atomic mass is 15.0. The number of anilines is 2. The fourth-order valence-electron chi connectivity index (χ4n) is 2.48. The van der Waals surface area contributed by atoms with Crippen LogP contribution in [0.1, 0.15) is 24.8 Å². The van der Waals surface area contributed by atoms with Gasteiger partial charge in [0, 0.05) is 12.6 Å². The number of benzene rings is 1. The zero-order chi connectivity index (χ0) is 10.3. The normalized spacial score (nSPS) is 24.7. The van der Waals surface area contributed by atoms with Crippen molar-refractivity contribution < 1.29 is 0 Å². The number of nitrogens with one attached hydrogen (secondary N) is 2. The second-order valence-electron chi connectivity index (χ2n) is 4.80. The van der Waals surface area contributed by atoms with Crippen LogP contribution in [0.25, 0.3) is 0 Å². The number of rotatable bonds is 1. The summed E-state index contributed by atoms with van der Waals surface area (Å²) in [5.41, 5.74) is 3.96. The van der Waals surface area contributed by atoms with Gasteiger partial charge >= 0.3 is 0 Å². The molecule has 2 N–H and O–H groups in total. The number of hydrogen-bond acceptors (Lipinski definition) is 2. The standard InChI is InChI=1S/C13H18N2/c1-9-3-2-4-12-13(9)15-11(7-8-14-12)10-5-6-10/h2-4,10-11,14-15H,5-8H2,1H3. The van der Waals surface area contributed by atoms with Crippen molar-refractivity contribution in [1.82, 2.24) is 0 Å². The minimum absolute atomic E-state index is 0.694. The van der Waals surface area contributed by atoms with Crippen LogP contribution in [0, 0.1) is 12.8 Å². The molecule has 1 atom stereocenters. The highest BCUT2D eigenvalue weighted by Crippen LogP contribution is 2.39. The van der Waals surface area contributed by atoms with E-state index >= 15 is 0 Å². The lowest BCUT2D eigenvalue weighted by molar-refractivity contribution is 0.608. The fraction of sp³-hybridized carbons (Fsp3) is 0.538. The van der Waals surface area contributed by atoms with E-state index in [-0.39, 0.29) is 0 Å². The van der Waals surface area contributed by atoms with Gasteiger partial charge in [-0.25, -0.2) is 0 Å². The summed E-state index contributed by atoms with van der Waals surface area (Å²) >= 11 is 0. The Bertz CT molecular complexity index is 369. The quantitative estimate of drug-likeness (QED) is 0.731. The monoisotopic (exact) mass is 202 g/mol. The third-order valence-corrected chi connectivity index (χ3v) is 3.56. The lowest BCUT2D eigenvalue weighted by Crippen LogP contribution is -2.22. The van der Waals surface area contributed by atoms with E-state index in [1.54, 1.807) is 0 Å². The molecule has 0 bridgehead atoms. The van der Waals surface area contributed by atoms with Crippen molar-refractivity contribution in [2.24, 2.45) is 5.92 Å². The van der Waals surface area contributed by atoms with Crippen LogP contribution in [0.2, 0.25) is 0 Å². The average molecular weight is 202 g/mol. The predicted molar refractivity (Wildman–Crippen MR) is 64.4 cm³/mol. The molecule has 1 unspecified atom stereocenters. The van der Waals surface area contributed by atoms with Crippen molar-refractivity contribution in [3.8, 4) is 0 Å². The van der Waals surface area contributed by atoms with Crippen molar-refractivity contribution in [2.45, 2.75) is 32.2 Å². The van der Waals surface area contributed by atoms with E-state index in [4.69, 9.17) is 0 Å². The minimum atomic E-state index is 0.694. The first kappa shape index (κ1) is 9.08. The molecular formula is C13H18N2. The molecule has 1 saturated carbocycles. The maximum absolute atomic E-state index is 3.73. The molecular weight excluding hydrogens is 184 g/mol. The Labute approximate surface area is 91.1 Å². The van der Waals surface area contributed by atoms with Crippen LogP contribution in [0.4, 0.5) is 11.4 Å². The molecule has 1 aliphatic carbocycles. The van der Waals surface area contributed by atoms with Gasteiger partial charge in [-0.05, 0) is 43.7 Å². The second-order valence-corrected chi connectivity index (χ2v) is 4.80. The van der Waals surface area contributed by atoms with Gasteiger partial charge in [-0.2, -0.15) is 0 Å². The Morgan fingerprint density at radius 1 is 1.20 bits per heavy atom. The van der Waals surface area contributed by atoms with Gasteiger partial charge in [0.05, 0.1) is 11.4 Å². The molecule has 2 nitrogen and oxygen atoms in total. The molecule has 1 aromatic carbocycles. The van der Waals surface area contributed by atoms with Crippen LogP contribution in [0.5, 0.6) is 0 Å². The number of aryl methyl sites for hydroxylation is 1. The van der Waals surface area contributed by atoms with Crippen LogP contribution in [0.3, 0.4) is 0 Å². The first-order chi connectivity index (χ1) is 7.34. The van der Waals surface area contributed by atoms with E-state index in [1.807, 2.05) is 0 Å². The van der Waals surface area contributed by atoms with E-state index in [0.29, 0.717) is 6.04 Å². The molecule has 0 amide bonds. The van der Waals surface area contributed by atoms with Crippen LogP contribution in [-0.2, 0) is 0 Å². The molecule has 0 aromatic heterocycles. The van der Waals surface area contributed by atoms with Gasteiger partial charge in [-0.15, -0.1) is 0 Å². The number of fused-ring (bicyclic) bond motifs is 1. The van der Waals surface area contributed by atoms with Gasteiger partial charge in [0.2, 0.25) is 0 Å². The molecule has 2 aliphatic rings. The van der Waals surface area contributed by atoms with Gasteiger partial charge in [0.15, 0.2) is 0 Å². The lowest BCUT2D eigenvalue weighted by Gasteiger charge is -2.18. The van der Waals surface area contributed by atoms with Crippen LogP contribution >= 0.6 is 0 Å². The number of para-hydroxylation sites is 1. The van der Waals surface area contributed by atoms with Crippen LogP contribution < -0.4 is 10.6 Å². The summed E-state index contributed by atoms with van der Waals surface area (Å²) in [5, 5.41) is 7.24. The maximum Gasteiger partial charge on any atom is 0.0607 e. The molecule has 1 heterocycles. The summed E-state index contributed by atoms with van der Waals surface area (Å²) in [6.07, 6.45) is 4.08. The zero-order valence-electron chi connectivity index (χ0n) is 9.22. The van der Waals surface area contributed by atoms with Crippen molar-refractivity contribution in [1.29, 1.82) is 0 Å². The Balaban J connectivity index is 1.92. The smallest absolute Gasteiger partial charge is 0.0607 e. The zero-order valence-corrected chi connectivity index (χ0v) is 9.22. The molecule has 0 spiro atoms. The van der Waals surface area contributed by atoms with E-state index in [1.165, 1.54) is 36.2 Å². The van der Waals surface area contributed by atoms with Crippen molar-refractivity contribution >= 4 is 11.4 Å². The van der Waals surface area contributed by atoms with E-state index < -0.39 is 0 Å². The van der Waals surface area contributed by atoms with Gasteiger partial charge < -0.3 is 10.6 Å². The molecule has 1 aliphatic heterocycles. The topological polar surface area (TPSA) is 24.1 Å². The lowest BCUT2D eigenvalue weighted by atomic mass is 10.1. The third-order valence-electron chi connectivity index (χ3n) is 3.56. The third kappa shape index (κ3) is 1.69. The first-order valence-electron chi connectivity index (χ1n) is 5.94. The van der Waals surface area contributed by atoms with E-state index in [0.717, 1.165) is 12.5 Å². The summed E-state index contributed by atoms with van der Waals surface area (Å²) < 4.78 is 0. The summed E-state index contributed by atoms with van der Waals surface area (Å²) in [5.74, 6) is 0.928. The van der Waals surface area contributed by atoms with Crippen molar-refractivity contribution in [3.63, 3.8) is 0 Å². The Kier molecular flexibility index (Phi) is 2.08. The van der Waals surface area contributed by atoms with Gasteiger partial charge in [0.25, 0.3) is 0 Å². The molecule has 2 heteroatoms. The molecule has 1 fully saturated rings. The molecule has 0 saturated heterocycles. The summed E-state index contributed by atoms with van der Waals surface area (Å²) in [6, 6.07) is 7.17. The van der Waals surface area contributed by atoms with Gasteiger partial charge in [-0.3, -0.25) is 0 Å². The van der Waals surface area contributed by atoms with Crippen LogP contribution in [0.15, 0.2) is 18.2 Å². The average Bonchev–Trinajstić information content (AvgIpc) is 3.04. The first-order valence-corrected chi connectivity index (χ1v) is 5.94. The molecule has 15 heavy (non-hydrogen) atoms. The SMILES string of the molecule is Cc1cccc2c1NC(C1CC1)CCN2. The molecule has 0 radical (unpaired) electrons. The van der Waals surface area contributed by atoms with Crippen molar-refractivity contribution in [3.05, 3.63) is 23.8 Å². The Hall–Kier alpha value is -1.18. The highest BCUT2D eigenvalue weighted by molar-refractivity contribution is 5.73. The number of hydrogen-bond donors (Lipinski definition) is 2. The fourth-order valence-corrected chi connectivity index (χ4v) is 2.48. The summed E-state index contributed by atoms with van der Waals surface area (Å²) in [6.45, 7) is 3.29. The van der Waals surface area contributed by atoms with Gasteiger partial charge in [0.1, 0.15) is 0 Å². The highest BCUT2D eigenvalue weighted by Gasteiger charge is 2.32. The maximum atomic E-state index is 3.73. The molecule has 80 valence electrons. The Morgan fingerprint density at radius 2 is 2.07 bits per heavy atom. The second kappa shape index (κ2) is 3.44. The predicted octanol–water partition coefficient (Wildman–Crippen LogP) is 3.00. The Morgan fingerprint density at radius 3 is 2.87 bits per heavy atom. The van der Waals surface area contributed by atoms with Gasteiger partial charge in [-0.1, -0.05) is 12.1 Å². The minimum Gasteiger partial charge on any atom is -0.383 e. The molecule has 1 aromatic rings. The van der Waals surface area contributed by atoms with E-state index in [2.05, 4.69) is 35.8 Å². The molecule has 3 rings (SSSR count). The van der Waals surface area contributed by atoms with E-state index in [9.17, 15) is 0 Å². The summed E-state index contributed by atoms with van der Waals surface area (Å²) in [4.78, 5) is 0. The summed E-state index contributed by atoms with van der Waals surface area (Å²) in [7, 11) is 0. The van der Waals surface area contributed by atoms with Crippen LogP contribution in [-0.4, -0.2) is 12.6 Å². The largest absolute Gasteiger partial charge is 0.383 e.